The third-order valence-corrected chi connectivity index (χ3v) is 4.72. The number of rotatable bonds is 10. The number of amides is 1. The summed E-state index contributed by atoms with van der Waals surface area (Å²) in [5.74, 6) is 1.20. The number of hydrogen-bond donors (Lipinski definition) is 2. The van der Waals surface area contributed by atoms with Crippen LogP contribution >= 0.6 is 0 Å². The molecule has 1 fully saturated rings. The Bertz CT molecular complexity index is 603. The van der Waals surface area contributed by atoms with E-state index in [0.717, 1.165) is 37.9 Å². The van der Waals surface area contributed by atoms with E-state index in [4.69, 9.17) is 9.47 Å². The molecular formula is C20H30N2O4. The van der Waals surface area contributed by atoms with Crippen LogP contribution in [0.4, 0.5) is 0 Å². The molecular weight excluding hydrogens is 332 g/mol. The maximum absolute atomic E-state index is 11.9. The zero-order valence-electron chi connectivity index (χ0n) is 15.7. The van der Waals surface area contributed by atoms with E-state index in [0.29, 0.717) is 24.1 Å². The number of carbonyl (C=O) groups excluding carboxylic acids is 1. The molecule has 1 aliphatic heterocycles. The standard InChI is InChI=1S/C20H30N2O4/c1-25-18-9-7-16(14-19(18)26-2)8-10-20(24)21-11-3-4-12-22-13-5-6-17(22)15-23/h7-10,14,17,23H,3-6,11-13,15H2,1-2H3,(H,21,24). The first kappa shape index (κ1) is 20.3. The van der Waals surface area contributed by atoms with Crippen molar-refractivity contribution >= 4 is 12.0 Å². The van der Waals surface area contributed by atoms with Gasteiger partial charge in [0.1, 0.15) is 0 Å². The van der Waals surface area contributed by atoms with Crippen LogP contribution < -0.4 is 14.8 Å². The molecule has 0 radical (unpaired) electrons. The Balaban J connectivity index is 1.67. The van der Waals surface area contributed by atoms with Gasteiger partial charge in [0, 0.05) is 18.7 Å². The SMILES string of the molecule is COc1ccc(C=CC(=O)NCCCCN2CCCC2CO)cc1OC. The van der Waals surface area contributed by atoms with Crippen molar-refractivity contribution in [3.8, 4) is 11.5 Å². The molecule has 144 valence electrons. The fourth-order valence-corrected chi connectivity index (χ4v) is 3.24. The van der Waals surface area contributed by atoms with Crippen molar-refractivity contribution in [3.63, 3.8) is 0 Å². The summed E-state index contributed by atoms with van der Waals surface area (Å²) in [6.07, 6.45) is 7.51. The summed E-state index contributed by atoms with van der Waals surface area (Å²) in [4.78, 5) is 14.3. The zero-order valence-corrected chi connectivity index (χ0v) is 15.7. The molecule has 1 unspecified atom stereocenters. The molecule has 6 heteroatoms. The van der Waals surface area contributed by atoms with Crippen molar-refractivity contribution in [2.24, 2.45) is 0 Å². The second kappa shape index (κ2) is 10.8. The van der Waals surface area contributed by atoms with Crippen molar-refractivity contribution in [1.29, 1.82) is 0 Å². The largest absolute Gasteiger partial charge is 0.493 e. The Morgan fingerprint density at radius 3 is 2.85 bits per heavy atom. The van der Waals surface area contributed by atoms with E-state index in [2.05, 4.69) is 10.2 Å². The quantitative estimate of drug-likeness (QED) is 0.492. The van der Waals surface area contributed by atoms with Crippen LogP contribution in [0.3, 0.4) is 0 Å². The molecule has 26 heavy (non-hydrogen) atoms. The molecule has 0 aromatic heterocycles. The fraction of sp³-hybridized carbons (Fsp3) is 0.550. The molecule has 0 bridgehead atoms. The Labute approximate surface area is 155 Å². The number of benzene rings is 1. The molecule has 6 nitrogen and oxygen atoms in total. The minimum atomic E-state index is -0.103. The van der Waals surface area contributed by atoms with E-state index >= 15 is 0 Å². The Morgan fingerprint density at radius 2 is 2.12 bits per heavy atom. The molecule has 0 spiro atoms. The fourth-order valence-electron chi connectivity index (χ4n) is 3.24. The van der Waals surface area contributed by atoms with Gasteiger partial charge in [0.2, 0.25) is 5.91 Å². The van der Waals surface area contributed by atoms with Gasteiger partial charge in [-0.2, -0.15) is 0 Å². The molecule has 2 rings (SSSR count). The lowest BCUT2D eigenvalue weighted by atomic mass is 10.2. The van der Waals surface area contributed by atoms with Crippen molar-refractivity contribution in [2.45, 2.75) is 31.7 Å². The van der Waals surface area contributed by atoms with Crippen LogP contribution in [-0.4, -0.2) is 62.4 Å². The highest BCUT2D eigenvalue weighted by Crippen LogP contribution is 2.27. The van der Waals surface area contributed by atoms with Crippen molar-refractivity contribution in [1.82, 2.24) is 10.2 Å². The number of aliphatic hydroxyl groups excluding tert-OH is 1. The first-order chi connectivity index (χ1) is 12.7. The van der Waals surface area contributed by atoms with Crippen molar-refractivity contribution in [2.75, 3.05) is 40.5 Å². The topological polar surface area (TPSA) is 71.0 Å². The second-order valence-electron chi connectivity index (χ2n) is 6.46. The predicted molar refractivity (Wildman–Crippen MR) is 103 cm³/mol. The summed E-state index contributed by atoms with van der Waals surface area (Å²) >= 11 is 0. The van der Waals surface area contributed by atoms with E-state index in [9.17, 15) is 9.90 Å². The Kier molecular flexibility index (Phi) is 8.44. The number of carbonyl (C=O) groups is 1. The molecule has 2 N–H and O–H groups in total. The van der Waals surface area contributed by atoms with E-state index in [-0.39, 0.29) is 12.5 Å². The van der Waals surface area contributed by atoms with Gasteiger partial charge in [0.25, 0.3) is 0 Å². The number of ether oxygens (including phenoxy) is 2. The van der Waals surface area contributed by atoms with E-state index in [1.807, 2.05) is 18.2 Å². The number of unbranched alkanes of at least 4 members (excludes halogenated alkanes) is 1. The summed E-state index contributed by atoms with van der Waals surface area (Å²) in [5.41, 5.74) is 0.877. The molecule has 1 aromatic carbocycles. The van der Waals surface area contributed by atoms with Gasteiger partial charge in [-0.3, -0.25) is 9.69 Å². The molecule has 0 aliphatic carbocycles. The van der Waals surface area contributed by atoms with Gasteiger partial charge in [-0.05, 0) is 62.5 Å². The average molecular weight is 362 g/mol. The maximum atomic E-state index is 11.9. The van der Waals surface area contributed by atoms with Crippen molar-refractivity contribution < 1.29 is 19.4 Å². The molecule has 1 aliphatic rings. The van der Waals surface area contributed by atoms with Gasteiger partial charge in [0.05, 0.1) is 20.8 Å². The van der Waals surface area contributed by atoms with Gasteiger partial charge in [-0.1, -0.05) is 6.07 Å². The maximum Gasteiger partial charge on any atom is 0.243 e. The van der Waals surface area contributed by atoms with Crippen LogP contribution in [0.25, 0.3) is 6.08 Å². The highest BCUT2D eigenvalue weighted by atomic mass is 16.5. The molecule has 1 aromatic rings. The minimum absolute atomic E-state index is 0.103. The summed E-state index contributed by atoms with van der Waals surface area (Å²) < 4.78 is 10.5. The number of methoxy groups -OCH3 is 2. The van der Waals surface area contributed by atoms with Gasteiger partial charge >= 0.3 is 0 Å². The van der Waals surface area contributed by atoms with Crippen molar-refractivity contribution in [3.05, 3.63) is 29.8 Å². The third kappa shape index (κ3) is 6.04. The van der Waals surface area contributed by atoms with Crippen LogP contribution in [-0.2, 0) is 4.79 Å². The molecule has 1 amide bonds. The van der Waals surface area contributed by atoms with Crippen LogP contribution in [0.2, 0.25) is 0 Å². The number of nitrogens with one attached hydrogen (secondary N) is 1. The van der Waals surface area contributed by atoms with Gasteiger partial charge in [-0.25, -0.2) is 0 Å². The molecule has 1 saturated heterocycles. The highest BCUT2D eigenvalue weighted by Gasteiger charge is 2.22. The summed E-state index contributed by atoms with van der Waals surface area (Å²) in [7, 11) is 3.18. The predicted octanol–water partition coefficient (Wildman–Crippen LogP) is 2.07. The summed E-state index contributed by atoms with van der Waals surface area (Å²) in [5, 5.41) is 12.2. The first-order valence-corrected chi connectivity index (χ1v) is 9.20. The lowest BCUT2D eigenvalue weighted by Gasteiger charge is -2.22. The first-order valence-electron chi connectivity index (χ1n) is 9.20. The van der Waals surface area contributed by atoms with E-state index < -0.39 is 0 Å². The van der Waals surface area contributed by atoms with Gasteiger partial charge in [-0.15, -0.1) is 0 Å². The monoisotopic (exact) mass is 362 g/mol. The lowest BCUT2D eigenvalue weighted by molar-refractivity contribution is -0.116. The number of nitrogens with zero attached hydrogens (tertiary/aromatic N) is 1. The van der Waals surface area contributed by atoms with E-state index in [1.165, 1.54) is 12.5 Å². The van der Waals surface area contributed by atoms with Crippen LogP contribution in [0.1, 0.15) is 31.2 Å². The molecule has 1 heterocycles. The number of hydrogen-bond acceptors (Lipinski definition) is 5. The smallest absolute Gasteiger partial charge is 0.243 e. The van der Waals surface area contributed by atoms with Gasteiger partial charge in [0.15, 0.2) is 11.5 Å². The third-order valence-electron chi connectivity index (χ3n) is 4.72. The number of likely N-dealkylation sites (tertiary alicyclic amines) is 1. The highest BCUT2D eigenvalue weighted by molar-refractivity contribution is 5.91. The zero-order chi connectivity index (χ0) is 18.8. The second-order valence-corrected chi connectivity index (χ2v) is 6.46. The normalized spacial score (nSPS) is 17.6. The van der Waals surface area contributed by atoms with Gasteiger partial charge < -0.3 is 19.9 Å². The minimum Gasteiger partial charge on any atom is -0.493 e. The van der Waals surface area contributed by atoms with Crippen LogP contribution in [0.5, 0.6) is 11.5 Å². The summed E-state index contributed by atoms with van der Waals surface area (Å²) in [6.45, 7) is 2.97. The van der Waals surface area contributed by atoms with Crippen LogP contribution in [0, 0.1) is 0 Å². The summed E-state index contributed by atoms with van der Waals surface area (Å²) in [6, 6.07) is 5.85. The Hall–Kier alpha value is -2.05. The molecule has 1 atom stereocenters. The Morgan fingerprint density at radius 1 is 1.31 bits per heavy atom. The lowest BCUT2D eigenvalue weighted by Crippen LogP contribution is -2.33. The number of aliphatic hydroxyl groups is 1. The molecule has 0 saturated carbocycles. The van der Waals surface area contributed by atoms with E-state index in [1.54, 1.807) is 20.3 Å². The average Bonchev–Trinajstić information content (AvgIpc) is 3.13. The van der Waals surface area contributed by atoms with Crippen LogP contribution in [0.15, 0.2) is 24.3 Å².